The number of aliphatic hydroxyl groups is 1. The first-order chi connectivity index (χ1) is 14.6. The summed E-state index contributed by atoms with van der Waals surface area (Å²) in [5.41, 5.74) is -2.07. The van der Waals surface area contributed by atoms with Gasteiger partial charge in [0.1, 0.15) is 0 Å². The zero-order chi connectivity index (χ0) is 26.5. The molecule has 194 valence electrons. The molecular formula is C17H33NO13P2. The van der Waals surface area contributed by atoms with Crippen molar-refractivity contribution < 1.29 is 62.0 Å². The van der Waals surface area contributed by atoms with Crippen molar-refractivity contribution in [1.82, 2.24) is 5.32 Å². The molecule has 0 fully saturated rings. The lowest BCUT2D eigenvalue weighted by Crippen LogP contribution is -2.52. The maximum atomic E-state index is 13.5. The van der Waals surface area contributed by atoms with Crippen LogP contribution in [0, 0.1) is 10.8 Å². The fourth-order valence-corrected chi connectivity index (χ4v) is 5.88. The number of hydrogen-bond donors (Lipinski definition) is 5. The van der Waals surface area contributed by atoms with E-state index in [2.05, 4.69) is 0 Å². The zero-order valence-corrected chi connectivity index (χ0v) is 21.3. The van der Waals surface area contributed by atoms with Gasteiger partial charge in [0.2, 0.25) is 13.6 Å². The Morgan fingerprint density at radius 2 is 1.24 bits per heavy atom. The molecule has 0 aliphatic rings. The summed E-state index contributed by atoms with van der Waals surface area (Å²) in [6.07, 6.45) is -2.28. The van der Waals surface area contributed by atoms with Crippen LogP contribution in [-0.4, -0.2) is 62.7 Å². The van der Waals surface area contributed by atoms with Gasteiger partial charge in [-0.05, 0) is 48.0 Å². The van der Waals surface area contributed by atoms with Gasteiger partial charge in [-0.1, -0.05) is 6.92 Å². The molecule has 0 spiro atoms. The lowest BCUT2D eigenvalue weighted by molar-refractivity contribution is -0.162. The van der Waals surface area contributed by atoms with Gasteiger partial charge in [-0.25, -0.2) is 4.79 Å². The minimum Gasteiger partial charge on any atom is -0.465 e. The first kappa shape index (κ1) is 31.5. The van der Waals surface area contributed by atoms with Gasteiger partial charge in [-0.3, -0.25) is 27.8 Å². The van der Waals surface area contributed by atoms with E-state index >= 15 is 0 Å². The summed E-state index contributed by atoms with van der Waals surface area (Å²) in [5.74, 6) is -1.72. The van der Waals surface area contributed by atoms with Gasteiger partial charge < -0.3 is 34.8 Å². The highest BCUT2D eigenvalue weighted by Crippen LogP contribution is 2.74. The lowest BCUT2D eigenvalue weighted by atomic mass is 9.98. The number of ether oxygens (including phenoxy) is 2. The molecule has 33 heavy (non-hydrogen) atoms. The normalized spacial score (nSPS) is 15.8. The van der Waals surface area contributed by atoms with E-state index in [9.17, 15) is 38.4 Å². The average molecular weight is 521 g/mol. The highest BCUT2D eigenvalue weighted by atomic mass is 31.2. The van der Waals surface area contributed by atoms with Crippen LogP contribution in [0.25, 0.3) is 0 Å². The van der Waals surface area contributed by atoms with Gasteiger partial charge in [-0.15, -0.1) is 0 Å². The topological polar surface area (TPSA) is 215 Å². The summed E-state index contributed by atoms with van der Waals surface area (Å²) in [6.45, 7) is 7.73. The van der Waals surface area contributed by atoms with Crippen molar-refractivity contribution in [2.75, 3.05) is 13.6 Å². The van der Waals surface area contributed by atoms with Crippen molar-refractivity contribution in [1.29, 1.82) is 0 Å². The molecule has 0 radical (unpaired) electrons. The van der Waals surface area contributed by atoms with Crippen LogP contribution in [0.2, 0.25) is 0 Å². The molecule has 0 saturated heterocycles. The number of esters is 2. The van der Waals surface area contributed by atoms with E-state index in [-0.39, 0.29) is 0 Å². The quantitative estimate of drug-likeness (QED) is 0.150. The second-order valence-electron chi connectivity index (χ2n) is 9.00. The molecule has 16 heteroatoms. The Hall–Kier alpha value is -1.53. The fourth-order valence-electron chi connectivity index (χ4n) is 2.13. The Morgan fingerprint density at radius 3 is 1.48 bits per heavy atom. The highest BCUT2D eigenvalue weighted by Gasteiger charge is 2.67. The highest BCUT2D eigenvalue weighted by molar-refractivity contribution is 7.73. The largest absolute Gasteiger partial charge is 0.465 e. The van der Waals surface area contributed by atoms with Crippen molar-refractivity contribution in [3.05, 3.63) is 0 Å². The smallest absolute Gasteiger partial charge is 0.405 e. The first-order valence-corrected chi connectivity index (χ1v) is 12.8. The number of nitrogens with one attached hydrogen (secondary N) is 1. The Balaban J connectivity index is 6.21. The Bertz CT molecular complexity index is 775. The van der Waals surface area contributed by atoms with Crippen LogP contribution in [-0.2, 0) is 37.2 Å². The van der Waals surface area contributed by atoms with E-state index < -0.39 is 75.2 Å². The van der Waals surface area contributed by atoms with E-state index in [1.807, 2.05) is 0 Å². The molecule has 0 heterocycles. The Labute approximate surface area is 191 Å². The molecule has 5 N–H and O–H groups in total. The molecule has 2 atom stereocenters. The van der Waals surface area contributed by atoms with E-state index in [0.29, 0.717) is 0 Å². The minimum atomic E-state index is -5.90. The van der Waals surface area contributed by atoms with E-state index in [1.54, 1.807) is 5.32 Å². The van der Waals surface area contributed by atoms with Crippen molar-refractivity contribution in [2.24, 2.45) is 10.8 Å². The van der Waals surface area contributed by atoms with E-state index in [0.717, 1.165) is 0 Å². The second-order valence-corrected chi connectivity index (χ2v) is 13.3. The minimum absolute atomic E-state index is 0.478. The molecule has 0 rings (SSSR count). The van der Waals surface area contributed by atoms with Crippen molar-refractivity contribution in [3.8, 4) is 0 Å². The van der Waals surface area contributed by atoms with Crippen LogP contribution in [0.5, 0.6) is 0 Å². The van der Waals surface area contributed by atoms with Crippen LogP contribution >= 0.6 is 15.2 Å². The van der Waals surface area contributed by atoms with E-state index in [1.165, 1.54) is 48.5 Å². The molecule has 2 unspecified atom stereocenters. The van der Waals surface area contributed by atoms with E-state index in [4.69, 9.17) is 23.6 Å². The summed E-state index contributed by atoms with van der Waals surface area (Å²) in [4.78, 5) is 54.7. The second kappa shape index (κ2) is 11.3. The molecule has 0 aliphatic carbocycles. The van der Waals surface area contributed by atoms with Crippen LogP contribution in [0.4, 0.5) is 4.79 Å². The molecule has 0 saturated carbocycles. The maximum Gasteiger partial charge on any atom is 0.405 e. The van der Waals surface area contributed by atoms with Gasteiger partial charge in [0.25, 0.3) is 5.08 Å². The Morgan fingerprint density at radius 1 is 0.879 bits per heavy atom. The average Bonchev–Trinajstić information content (AvgIpc) is 2.62. The van der Waals surface area contributed by atoms with Crippen LogP contribution < -0.4 is 5.32 Å². The number of carboxylic acid groups (broad SMARTS) is 1. The number of carbonyl (C=O) groups excluding carboxylic acids is 2. The third-order valence-electron chi connectivity index (χ3n) is 4.06. The Kier molecular flexibility index (Phi) is 10.7. The van der Waals surface area contributed by atoms with Crippen molar-refractivity contribution in [3.63, 3.8) is 0 Å². The monoisotopic (exact) mass is 521 g/mol. The third kappa shape index (κ3) is 8.32. The number of rotatable bonds is 11. The molecule has 0 aromatic rings. The summed E-state index contributed by atoms with van der Waals surface area (Å²) < 4.78 is 45.0. The fraction of sp³-hybridized carbons (Fsp3) is 0.824. The van der Waals surface area contributed by atoms with Crippen molar-refractivity contribution in [2.45, 2.75) is 66.0 Å². The maximum absolute atomic E-state index is 13.5. The van der Waals surface area contributed by atoms with Gasteiger partial charge >= 0.3 is 33.2 Å². The molecule has 14 nitrogen and oxygen atoms in total. The SMILES string of the molecule is CCC(NC(=O)O)C(O)(P(=O)(O)O)P(=O)(OCOC(=O)C(C)(C)C)OCOC(=O)C(C)(C)C. The summed E-state index contributed by atoms with van der Waals surface area (Å²) in [7, 11) is -11.4. The van der Waals surface area contributed by atoms with Gasteiger partial charge in [0.05, 0.1) is 16.9 Å². The number of amides is 1. The van der Waals surface area contributed by atoms with Crippen LogP contribution in [0.3, 0.4) is 0 Å². The standard InChI is InChI=1S/C17H33NO13P2/c1-8-11(18-14(21)22)17(23,32(24,25)26)33(27,30-9-28-12(19)15(2,3)4)31-10-29-13(20)16(5,6)7/h11,18,23H,8-10H2,1-7H3,(H,21,22)(H2,24,25,26). The number of hydrogen-bond acceptors (Lipinski definition) is 10. The number of carbonyl (C=O) groups is 3. The summed E-state index contributed by atoms with van der Waals surface area (Å²) >= 11 is 0. The van der Waals surface area contributed by atoms with Gasteiger partial charge in [0.15, 0.2) is 0 Å². The first-order valence-electron chi connectivity index (χ1n) is 9.64. The van der Waals surface area contributed by atoms with Crippen LogP contribution in [0.1, 0.15) is 54.9 Å². The van der Waals surface area contributed by atoms with Crippen molar-refractivity contribution >= 4 is 33.2 Å². The van der Waals surface area contributed by atoms with Gasteiger partial charge in [0, 0.05) is 0 Å². The zero-order valence-electron chi connectivity index (χ0n) is 19.6. The molecule has 0 aromatic carbocycles. The summed E-state index contributed by atoms with van der Waals surface area (Å²) in [6, 6.07) is -2.07. The van der Waals surface area contributed by atoms with Gasteiger partial charge in [-0.2, -0.15) is 0 Å². The lowest BCUT2D eigenvalue weighted by Gasteiger charge is -2.39. The molecule has 0 aromatic heterocycles. The van der Waals surface area contributed by atoms with Crippen LogP contribution in [0.15, 0.2) is 0 Å². The molecule has 1 amide bonds. The predicted octanol–water partition coefficient (Wildman–Crippen LogP) is 2.18. The molecule has 0 bridgehead atoms. The predicted molar refractivity (Wildman–Crippen MR) is 113 cm³/mol. The third-order valence-corrected chi connectivity index (χ3v) is 8.75. The molecular weight excluding hydrogens is 488 g/mol. The molecule has 0 aliphatic heterocycles. The summed E-state index contributed by atoms with van der Waals surface area (Å²) in [5, 5.41) is 17.8.